The number of hydrogen-bond acceptors (Lipinski definition) is 6. The summed E-state index contributed by atoms with van der Waals surface area (Å²) in [6.07, 6.45) is 0.720. The molecule has 38 heavy (non-hydrogen) atoms. The van der Waals surface area contributed by atoms with Gasteiger partial charge in [0, 0.05) is 24.1 Å². The number of hydrogen-bond donors (Lipinski definition) is 1. The molecule has 0 radical (unpaired) electrons. The van der Waals surface area contributed by atoms with Gasteiger partial charge in [-0.25, -0.2) is 9.59 Å². The van der Waals surface area contributed by atoms with Crippen LogP contribution in [0.3, 0.4) is 0 Å². The summed E-state index contributed by atoms with van der Waals surface area (Å²) in [5.74, 6) is -1.14. The van der Waals surface area contributed by atoms with E-state index in [9.17, 15) is 19.2 Å². The van der Waals surface area contributed by atoms with E-state index in [0.29, 0.717) is 30.5 Å². The van der Waals surface area contributed by atoms with Crippen LogP contribution in [0.2, 0.25) is 0 Å². The highest BCUT2D eigenvalue weighted by atomic mass is 16.6. The molecule has 8 heteroatoms. The predicted octanol–water partition coefficient (Wildman–Crippen LogP) is 3.92. The van der Waals surface area contributed by atoms with Gasteiger partial charge in [0.1, 0.15) is 18.7 Å². The molecular formula is C30H30N2O6. The summed E-state index contributed by atoms with van der Waals surface area (Å²) in [4.78, 5) is 52.4. The second kappa shape index (κ2) is 12.7. The van der Waals surface area contributed by atoms with Crippen LogP contribution >= 0.6 is 0 Å². The molecule has 2 atom stereocenters. The molecule has 2 amide bonds. The van der Waals surface area contributed by atoms with Crippen molar-refractivity contribution in [2.75, 3.05) is 13.7 Å². The average Bonchev–Trinajstić information content (AvgIpc) is 3.47. The van der Waals surface area contributed by atoms with Crippen molar-refractivity contribution in [3.05, 3.63) is 107 Å². The summed E-state index contributed by atoms with van der Waals surface area (Å²) in [6, 6.07) is 23.5. The summed E-state index contributed by atoms with van der Waals surface area (Å²) >= 11 is 0. The van der Waals surface area contributed by atoms with Crippen LogP contribution in [0.5, 0.6) is 0 Å². The zero-order valence-corrected chi connectivity index (χ0v) is 21.2. The van der Waals surface area contributed by atoms with Gasteiger partial charge in [-0.15, -0.1) is 0 Å². The lowest BCUT2D eigenvalue weighted by Gasteiger charge is -2.25. The molecule has 0 aromatic heterocycles. The highest BCUT2D eigenvalue weighted by Gasteiger charge is 2.37. The van der Waals surface area contributed by atoms with Crippen LogP contribution in [0.15, 0.2) is 84.9 Å². The van der Waals surface area contributed by atoms with Crippen molar-refractivity contribution >= 4 is 23.8 Å². The van der Waals surface area contributed by atoms with Crippen molar-refractivity contribution in [3.8, 4) is 0 Å². The molecule has 0 aliphatic carbocycles. The van der Waals surface area contributed by atoms with Gasteiger partial charge in [-0.3, -0.25) is 14.5 Å². The Hall–Kier alpha value is -4.46. The van der Waals surface area contributed by atoms with Crippen LogP contribution in [0.4, 0.5) is 4.79 Å². The highest BCUT2D eigenvalue weighted by molar-refractivity contribution is 6.08. The molecular weight excluding hydrogens is 484 g/mol. The average molecular weight is 515 g/mol. The molecule has 3 aromatic rings. The highest BCUT2D eigenvalue weighted by Crippen LogP contribution is 2.20. The normalized spacial score (nSPS) is 15.4. The smallest absolute Gasteiger partial charge is 0.410 e. The van der Waals surface area contributed by atoms with Crippen LogP contribution in [0.25, 0.3) is 0 Å². The Kier molecular flexibility index (Phi) is 8.87. The van der Waals surface area contributed by atoms with E-state index in [-0.39, 0.29) is 18.8 Å². The molecule has 3 aromatic carbocycles. The maximum absolute atomic E-state index is 13.1. The zero-order valence-electron chi connectivity index (χ0n) is 21.2. The Bertz CT molecular complexity index is 1260. The molecule has 1 aliphatic rings. The lowest BCUT2D eigenvalue weighted by atomic mass is 9.99. The van der Waals surface area contributed by atoms with Gasteiger partial charge < -0.3 is 14.8 Å². The minimum Gasteiger partial charge on any atom is -0.467 e. The van der Waals surface area contributed by atoms with Gasteiger partial charge in [0.05, 0.1) is 7.11 Å². The third-order valence-corrected chi connectivity index (χ3v) is 6.49. The molecule has 0 spiro atoms. The molecule has 0 bridgehead atoms. The van der Waals surface area contributed by atoms with Crippen molar-refractivity contribution in [2.24, 2.45) is 0 Å². The third kappa shape index (κ3) is 6.64. The van der Waals surface area contributed by atoms with Gasteiger partial charge >= 0.3 is 12.1 Å². The molecule has 1 N–H and O–H groups in total. The maximum Gasteiger partial charge on any atom is 0.410 e. The summed E-state index contributed by atoms with van der Waals surface area (Å²) < 4.78 is 10.3. The molecule has 196 valence electrons. The molecule has 0 unspecified atom stereocenters. The number of rotatable bonds is 9. The molecule has 1 aliphatic heterocycles. The van der Waals surface area contributed by atoms with Gasteiger partial charge in [0.15, 0.2) is 5.78 Å². The summed E-state index contributed by atoms with van der Waals surface area (Å²) in [5, 5.41) is 2.75. The number of esters is 1. The van der Waals surface area contributed by atoms with E-state index >= 15 is 0 Å². The zero-order chi connectivity index (χ0) is 26.9. The number of ether oxygens (including phenoxy) is 2. The van der Waals surface area contributed by atoms with Crippen LogP contribution < -0.4 is 5.32 Å². The first-order chi connectivity index (χ1) is 18.5. The number of benzene rings is 3. The SMILES string of the molecule is COC(=O)[C@@H](Cc1ccc(C(=O)c2ccccc2)cc1)NC(=O)[C@H]1CCCN1C(=O)OCc1ccccc1. The molecule has 1 fully saturated rings. The van der Waals surface area contributed by atoms with Crippen molar-refractivity contribution in [1.82, 2.24) is 10.2 Å². The number of methoxy groups -OCH3 is 1. The first kappa shape index (κ1) is 26.6. The van der Waals surface area contributed by atoms with Gasteiger partial charge in [-0.05, 0) is 24.0 Å². The van der Waals surface area contributed by atoms with E-state index in [0.717, 1.165) is 11.1 Å². The Balaban J connectivity index is 1.38. The minimum atomic E-state index is -0.953. The summed E-state index contributed by atoms with van der Waals surface area (Å²) in [7, 11) is 1.26. The monoisotopic (exact) mass is 514 g/mol. The minimum absolute atomic E-state index is 0.101. The quantitative estimate of drug-likeness (QED) is 0.343. The van der Waals surface area contributed by atoms with Crippen LogP contribution in [0.1, 0.15) is 39.9 Å². The van der Waals surface area contributed by atoms with Crippen molar-refractivity contribution in [1.29, 1.82) is 0 Å². The Morgan fingerprint density at radius 3 is 2.16 bits per heavy atom. The number of amides is 2. The van der Waals surface area contributed by atoms with E-state index < -0.39 is 30.1 Å². The Morgan fingerprint density at radius 2 is 1.50 bits per heavy atom. The number of nitrogens with zero attached hydrogens (tertiary/aromatic N) is 1. The fourth-order valence-electron chi connectivity index (χ4n) is 4.45. The second-order valence-corrected chi connectivity index (χ2v) is 9.07. The van der Waals surface area contributed by atoms with Gasteiger partial charge in [-0.2, -0.15) is 0 Å². The lowest BCUT2D eigenvalue weighted by molar-refractivity contribution is -0.145. The first-order valence-corrected chi connectivity index (χ1v) is 12.5. The number of ketones is 1. The van der Waals surface area contributed by atoms with Gasteiger partial charge in [-0.1, -0.05) is 84.9 Å². The van der Waals surface area contributed by atoms with E-state index in [2.05, 4.69) is 5.32 Å². The third-order valence-electron chi connectivity index (χ3n) is 6.49. The van der Waals surface area contributed by atoms with Crippen LogP contribution in [-0.4, -0.2) is 54.4 Å². The number of nitrogens with one attached hydrogen (secondary N) is 1. The Labute approximate surface area is 221 Å². The van der Waals surface area contributed by atoms with E-state index in [1.54, 1.807) is 48.5 Å². The van der Waals surface area contributed by atoms with Crippen molar-refractivity contribution in [2.45, 2.75) is 38.0 Å². The largest absolute Gasteiger partial charge is 0.467 e. The molecule has 8 nitrogen and oxygen atoms in total. The first-order valence-electron chi connectivity index (χ1n) is 12.5. The lowest BCUT2D eigenvalue weighted by Crippen LogP contribution is -2.51. The van der Waals surface area contributed by atoms with Crippen LogP contribution in [0, 0.1) is 0 Å². The summed E-state index contributed by atoms with van der Waals surface area (Å²) in [6.45, 7) is 0.504. The second-order valence-electron chi connectivity index (χ2n) is 9.07. The van der Waals surface area contributed by atoms with E-state index in [4.69, 9.17) is 9.47 Å². The molecule has 0 saturated carbocycles. The van der Waals surface area contributed by atoms with E-state index in [1.807, 2.05) is 36.4 Å². The van der Waals surface area contributed by atoms with Gasteiger partial charge in [0.25, 0.3) is 0 Å². The molecule has 4 rings (SSSR count). The standard InChI is InChI=1S/C30H30N2O6/c1-37-29(35)25(19-21-14-16-24(17-15-21)27(33)23-11-6-3-7-12-23)31-28(34)26-13-8-18-32(26)30(36)38-20-22-9-4-2-5-10-22/h2-7,9-12,14-17,25-26H,8,13,18-20H2,1H3,(H,31,34)/t25-,26-/m1/s1. The molecule has 1 heterocycles. The topological polar surface area (TPSA) is 102 Å². The van der Waals surface area contributed by atoms with Gasteiger partial charge in [0.2, 0.25) is 5.91 Å². The fourth-order valence-corrected chi connectivity index (χ4v) is 4.45. The fraction of sp³-hybridized carbons (Fsp3) is 0.267. The van der Waals surface area contributed by atoms with Crippen molar-refractivity contribution < 1.29 is 28.7 Å². The van der Waals surface area contributed by atoms with Crippen molar-refractivity contribution in [3.63, 3.8) is 0 Å². The Morgan fingerprint density at radius 1 is 0.868 bits per heavy atom. The number of carbonyl (C=O) groups is 4. The summed E-state index contributed by atoms with van der Waals surface area (Å²) in [5.41, 5.74) is 2.71. The molecule has 1 saturated heterocycles. The predicted molar refractivity (Wildman–Crippen MR) is 140 cm³/mol. The maximum atomic E-state index is 13.1. The van der Waals surface area contributed by atoms with E-state index in [1.165, 1.54) is 12.0 Å². The number of likely N-dealkylation sites (tertiary alicyclic amines) is 1. The number of carbonyl (C=O) groups excluding carboxylic acids is 4. The van der Waals surface area contributed by atoms with Crippen LogP contribution in [-0.2, 0) is 32.1 Å².